The first-order chi connectivity index (χ1) is 8.70. The van der Waals surface area contributed by atoms with Crippen molar-refractivity contribution in [2.75, 3.05) is 24.7 Å². The van der Waals surface area contributed by atoms with Crippen LogP contribution in [0.5, 0.6) is 0 Å². The van der Waals surface area contributed by atoms with E-state index in [1.807, 2.05) is 0 Å². The Kier molecular flexibility index (Phi) is 4.61. The summed E-state index contributed by atoms with van der Waals surface area (Å²) >= 11 is 0. The molecule has 0 bridgehead atoms. The van der Waals surface area contributed by atoms with Crippen LogP contribution in [0.3, 0.4) is 0 Å². The van der Waals surface area contributed by atoms with Crippen LogP contribution in [0.15, 0.2) is 24.3 Å². The molecular weight excluding hydrogens is 224 g/mol. The average Bonchev–Trinajstić information content (AvgIpc) is 2.40. The first-order valence-electron chi connectivity index (χ1n) is 6.89. The molecule has 0 aliphatic carbocycles. The van der Waals surface area contributed by atoms with Gasteiger partial charge in [0.2, 0.25) is 0 Å². The largest absolute Gasteiger partial charge is 0.377 e. The maximum absolute atomic E-state index is 5.98. The molecule has 1 saturated heterocycles. The summed E-state index contributed by atoms with van der Waals surface area (Å²) in [5.41, 5.74) is 8.60. The minimum Gasteiger partial charge on any atom is -0.377 e. The van der Waals surface area contributed by atoms with Gasteiger partial charge in [0.05, 0.1) is 13.2 Å². The third-order valence-electron chi connectivity index (χ3n) is 3.66. The second-order valence-corrected chi connectivity index (χ2v) is 5.16. The van der Waals surface area contributed by atoms with E-state index in [1.165, 1.54) is 11.3 Å². The van der Waals surface area contributed by atoms with Gasteiger partial charge in [-0.3, -0.25) is 0 Å². The van der Waals surface area contributed by atoms with Gasteiger partial charge in [-0.1, -0.05) is 19.1 Å². The van der Waals surface area contributed by atoms with Crippen LogP contribution in [0.25, 0.3) is 0 Å². The minimum atomic E-state index is 0.276. The fraction of sp³-hybridized carbons (Fsp3) is 0.600. The molecule has 1 aliphatic heterocycles. The molecule has 1 heterocycles. The number of nitrogens with zero attached hydrogens (tertiary/aromatic N) is 1. The van der Waals surface area contributed by atoms with Crippen molar-refractivity contribution in [2.24, 2.45) is 5.73 Å². The third-order valence-corrected chi connectivity index (χ3v) is 3.66. The summed E-state index contributed by atoms with van der Waals surface area (Å²) in [4.78, 5) is 2.41. The molecule has 0 radical (unpaired) electrons. The van der Waals surface area contributed by atoms with Crippen molar-refractivity contribution in [1.29, 1.82) is 0 Å². The lowest BCUT2D eigenvalue weighted by atomic mass is 10.0. The summed E-state index contributed by atoms with van der Waals surface area (Å²) in [7, 11) is 0. The summed E-state index contributed by atoms with van der Waals surface area (Å²) in [6.45, 7) is 6.97. The maximum atomic E-state index is 5.98. The smallest absolute Gasteiger partial charge is 0.0668 e. The number of hydrogen-bond donors (Lipinski definition) is 1. The number of morpholine rings is 1. The Hall–Kier alpha value is -1.06. The third kappa shape index (κ3) is 3.24. The Morgan fingerprint density at radius 3 is 2.72 bits per heavy atom. The number of ether oxygens (including phenoxy) is 1. The monoisotopic (exact) mass is 248 g/mol. The van der Waals surface area contributed by atoms with E-state index in [0.717, 1.165) is 32.6 Å². The molecule has 1 aromatic rings. The highest BCUT2D eigenvalue weighted by atomic mass is 16.5. The molecule has 2 N–H and O–H groups in total. The molecule has 1 aliphatic rings. The zero-order valence-corrected chi connectivity index (χ0v) is 11.4. The Bertz CT molecular complexity index is 363. The van der Waals surface area contributed by atoms with Crippen molar-refractivity contribution in [3.05, 3.63) is 29.8 Å². The summed E-state index contributed by atoms with van der Waals surface area (Å²) in [5.74, 6) is 0. The molecule has 1 aromatic carbocycles. The first-order valence-corrected chi connectivity index (χ1v) is 6.89. The standard InChI is InChI=1S/C15H24N2O/c1-3-14(16)10-13-4-6-15(7-5-13)17-8-9-18-11-12(17)2/h4-7,12,14H,3,8-11,16H2,1-2H3. The van der Waals surface area contributed by atoms with Crippen molar-refractivity contribution in [2.45, 2.75) is 38.8 Å². The highest BCUT2D eigenvalue weighted by Gasteiger charge is 2.18. The van der Waals surface area contributed by atoms with Gasteiger partial charge >= 0.3 is 0 Å². The maximum Gasteiger partial charge on any atom is 0.0668 e. The van der Waals surface area contributed by atoms with Gasteiger partial charge in [0.1, 0.15) is 0 Å². The van der Waals surface area contributed by atoms with Crippen LogP contribution < -0.4 is 10.6 Å². The Morgan fingerprint density at radius 1 is 1.39 bits per heavy atom. The first kappa shape index (κ1) is 13.4. The lowest BCUT2D eigenvalue weighted by Gasteiger charge is -2.35. The molecule has 0 saturated carbocycles. The van der Waals surface area contributed by atoms with Gasteiger partial charge in [-0.25, -0.2) is 0 Å². The van der Waals surface area contributed by atoms with Gasteiger partial charge in [0, 0.05) is 24.3 Å². The molecule has 0 aromatic heterocycles. The zero-order chi connectivity index (χ0) is 13.0. The van der Waals surface area contributed by atoms with E-state index >= 15 is 0 Å². The number of anilines is 1. The van der Waals surface area contributed by atoms with Gasteiger partial charge in [0.25, 0.3) is 0 Å². The van der Waals surface area contributed by atoms with Gasteiger partial charge in [-0.2, -0.15) is 0 Å². The molecule has 0 amide bonds. The van der Waals surface area contributed by atoms with E-state index in [1.54, 1.807) is 0 Å². The fourth-order valence-corrected chi connectivity index (χ4v) is 2.38. The van der Waals surface area contributed by atoms with Crippen LogP contribution in [0.4, 0.5) is 5.69 Å². The van der Waals surface area contributed by atoms with Crippen molar-refractivity contribution in [3.63, 3.8) is 0 Å². The molecule has 2 rings (SSSR count). The predicted molar refractivity (Wildman–Crippen MR) is 76.0 cm³/mol. The van der Waals surface area contributed by atoms with Gasteiger partial charge < -0.3 is 15.4 Å². The van der Waals surface area contributed by atoms with Crippen molar-refractivity contribution >= 4 is 5.69 Å². The van der Waals surface area contributed by atoms with Crippen molar-refractivity contribution < 1.29 is 4.74 Å². The van der Waals surface area contributed by atoms with E-state index in [-0.39, 0.29) is 6.04 Å². The summed E-state index contributed by atoms with van der Waals surface area (Å²) in [6.07, 6.45) is 2.00. The van der Waals surface area contributed by atoms with Crippen LogP contribution in [0.1, 0.15) is 25.8 Å². The summed E-state index contributed by atoms with van der Waals surface area (Å²) in [5, 5.41) is 0. The van der Waals surface area contributed by atoms with Crippen LogP contribution in [-0.2, 0) is 11.2 Å². The lowest BCUT2D eigenvalue weighted by molar-refractivity contribution is 0.0989. The fourth-order valence-electron chi connectivity index (χ4n) is 2.38. The Labute approximate surface area is 110 Å². The molecule has 1 fully saturated rings. The van der Waals surface area contributed by atoms with Crippen molar-refractivity contribution in [1.82, 2.24) is 0 Å². The van der Waals surface area contributed by atoms with Gasteiger partial charge in [-0.05, 0) is 37.5 Å². The second-order valence-electron chi connectivity index (χ2n) is 5.16. The highest BCUT2D eigenvalue weighted by molar-refractivity contribution is 5.49. The molecule has 3 nitrogen and oxygen atoms in total. The van der Waals surface area contributed by atoms with Crippen LogP contribution in [0.2, 0.25) is 0 Å². The molecule has 3 heteroatoms. The Morgan fingerprint density at radius 2 is 2.11 bits per heavy atom. The quantitative estimate of drug-likeness (QED) is 0.887. The van der Waals surface area contributed by atoms with Crippen LogP contribution in [0, 0.1) is 0 Å². The predicted octanol–water partition coefficient (Wildman–Crippen LogP) is 2.19. The van der Waals surface area contributed by atoms with E-state index in [9.17, 15) is 0 Å². The lowest BCUT2D eigenvalue weighted by Crippen LogP contribution is -2.43. The summed E-state index contributed by atoms with van der Waals surface area (Å²) in [6, 6.07) is 9.56. The topological polar surface area (TPSA) is 38.5 Å². The van der Waals surface area contributed by atoms with Gasteiger partial charge in [0.15, 0.2) is 0 Å². The highest BCUT2D eigenvalue weighted by Crippen LogP contribution is 2.20. The molecule has 0 spiro atoms. The second kappa shape index (κ2) is 6.21. The normalized spacial score (nSPS) is 21.9. The minimum absolute atomic E-state index is 0.276. The molecule has 100 valence electrons. The molecule has 18 heavy (non-hydrogen) atoms. The zero-order valence-electron chi connectivity index (χ0n) is 11.4. The van der Waals surface area contributed by atoms with Crippen molar-refractivity contribution in [3.8, 4) is 0 Å². The van der Waals surface area contributed by atoms with E-state index in [2.05, 4.69) is 43.0 Å². The summed E-state index contributed by atoms with van der Waals surface area (Å²) < 4.78 is 5.47. The van der Waals surface area contributed by atoms with E-state index in [4.69, 9.17) is 10.5 Å². The van der Waals surface area contributed by atoms with Crippen LogP contribution in [-0.4, -0.2) is 31.8 Å². The average molecular weight is 248 g/mol. The number of hydrogen-bond acceptors (Lipinski definition) is 3. The molecule has 2 unspecified atom stereocenters. The van der Waals surface area contributed by atoms with E-state index in [0.29, 0.717) is 6.04 Å². The van der Waals surface area contributed by atoms with Crippen LogP contribution >= 0.6 is 0 Å². The SMILES string of the molecule is CCC(N)Cc1ccc(N2CCOCC2C)cc1. The van der Waals surface area contributed by atoms with E-state index < -0.39 is 0 Å². The number of rotatable bonds is 4. The molecular formula is C15H24N2O. The Balaban J connectivity index is 2.02. The molecule has 2 atom stereocenters. The number of benzene rings is 1. The van der Waals surface area contributed by atoms with Gasteiger partial charge in [-0.15, -0.1) is 0 Å². The number of nitrogens with two attached hydrogens (primary N) is 1.